The summed E-state index contributed by atoms with van der Waals surface area (Å²) in [5.74, 6) is 1.69. The van der Waals surface area contributed by atoms with Crippen molar-refractivity contribution in [1.82, 2.24) is 0 Å². The van der Waals surface area contributed by atoms with Crippen LogP contribution < -0.4 is 14.8 Å². The summed E-state index contributed by atoms with van der Waals surface area (Å²) >= 11 is 0. The van der Waals surface area contributed by atoms with Crippen molar-refractivity contribution in [2.75, 3.05) is 18.5 Å². The number of anilines is 1. The van der Waals surface area contributed by atoms with E-state index in [1.54, 1.807) is 42.7 Å². The van der Waals surface area contributed by atoms with Crippen LogP contribution in [0, 0.1) is 0 Å². The van der Waals surface area contributed by atoms with Crippen LogP contribution in [0.2, 0.25) is 0 Å². The normalized spacial score (nSPS) is 13.3. The Kier molecular flexibility index (Phi) is 4.43. The lowest BCUT2D eigenvalue weighted by Crippen LogP contribution is -2.17. The second-order valence-electron chi connectivity index (χ2n) is 5.75. The molecule has 1 N–H and O–H groups in total. The smallest absolute Gasteiger partial charge is 0.256 e. The molecule has 1 amide bonds. The van der Waals surface area contributed by atoms with Gasteiger partial charge in [-0.3, -0.25) is 4.79 Å². The van der Waals surface area contributed by atoms with Crippen LogP contribution in [0.25, 0.3) is 11.6 Å². The summed E-state index contributed by atoms with van der Waals surface area (Å²) in [6.45, 7) is 1.03. The Morgan fingerprint density at radius 2 is 1.73 bits per heavy atom. The minimum absolute atomic E-state index is 0.232. The molecule has 0 saturated carbocycles. The minimum atomic E-state index is -0.232. The van der Waals surface area contributed by atoms with Crippen molar-refractivity contribution in [2.24, 2.45) is 0 Å². The summed E-state index contributed by atoms with van der Waals surface area (Å²) < 4.78 is 16.4. The van der Waals surface area contributed by atoms with Crippen molar-refractivity contribution >= 4 is 23.2 Å². The number of hydrogen-bond donors (Lipinski definition) is 1. The zero-order valence-electron chi connectivity index (χ0n) is 14.0. The van der Waals surface area contributed by atoms with Crippen molar-refractivity contribution in [1.29, 1.82) is 0 Å². The number of carbonyl (C=O) groups is 1. The summed E-state index contributed by atoms with van der Waals surface area (Å²) in [6.07, 6.45) is 3.30. The molecule has 5 heteroatoms. The number of fused-ring (bicyclic) bond motifs is 1. The molecule has 2 heterocycles. The average Bonchev–Trinajstić information content (AvgIpc) is 3.20. The van der Waals surface area contributed by atoms with Crippen LogP contribution in [-0.4, -0.2) is 19.1 Å². The zero-order chi connectivity index (χ0) is 17.8. The molecule has 26 heavy (non-hydrogen) atoms. The highest BCUT2D eigenvalue weighted by Gasteiger charge is 2.16. The molecule has 1 aromatic heterocycles. The van der Waals surface area contributed by atoms with Gasteiger partial charge < -0.3 is 19.2 Å². The lowest BCUT2D eigenvalue weighted by Gasteiger charge is -2.19. The predicted molar refractivity (Wildman–Crippen MR) is 99.1 cm³/mol. The molecule has 0 saturated heterocycles. The molecule has 130 valence electrons. The third-order valence-electron chi connectivity index (χ3n) is 3.96. The van der Waals surface area contributed by atoms with E-state index in [9.17, 15) is 4.79 Å². The highest BCUT2D eigenvalue weighted by molar-refractivity contribution is 6.29. The van der Waals surface area contributed by atoms with E-state index in [0.29, 0.717) is 41.7 Å². The Labute approximate surface area is 150 Å². The molecule has 1 aliphatic heterocycles. The van der Waals surface area contributed by atoms with Crippen molar-refractivity contribution in [3.05, 3.63) is 78.3 Å². The van der Waals surface area contributed by atoms with Gasteiger partial charge in [-0.1, -0.05) is 30.3 Å². The van der Waals surface area contributed by atoms with Crippen LogP contribution in [-0.2, 0) is 4.79 Å². The highest BCUT2D eigenvalue weighted by atomic mass is 16.6. The summed E-state index contributed by atoms with van der Waals surface area (Å²) in [5, 5.41) is 2.92. The molecule has 2 aromatic carbocycles. The van der Waals surface area contributed by atoms with Gasteiger partial charge in [0.2, 0.25) is 0 Å². The topological polar surface area (TPSA) is 60.7 Å². The number of ether oxygens (including phenoxy) is 2. The van der Waals surface area contributed by atoms with Crippen LogP contribution in [0.15, 0.2) is 71.3 Å². The number of furan rings is 1. The molecule has 0 bridgehead atoms. The molecule has 0 unspecified atom stereocenters. The molecule has 0 fully saturated rings. The molecule has 1 aliphatic rings. The van der Waals surface area contributed by atoms with Crippen molar-refractivity contribution in [3.8, 4) is 11.5 Å². The lowest BCUT2D eigenvalue weighted by molar-refractivity contribution is -0.111. The fourth-order valence-corrected chi connectivity index (χ4v) is 2.73. The van der Waals surface area contributed by atoms with Gasteiger partial charge in [-0.2, -0.15) is 0 Å². The van der Waals surface area contributed by atoms with Gasteiger partial charge in [0.15, 0.2) is 11.5 Å². The van der Waals surface area contributed by atoms with E-state index < -0.39 is 0 Å². The Morgan fingerprint density at radius 3 is 2.50 bits per heavy atom. The van der Waals surface area contributed by atoms with E-state index in [4.69, 9.17) is 13.9 Å². The Morgan fingerprint density at radius 1 is 0.923 bits per heavy atom. The van der Waals surface area contributed by atoms with Crippen LogP contribution in [0.5, 0.6) is 11.5 Å². The third-order valence-corrected chi connectivity index (χ3v) is 3.96. The first kappa shape index (κ1) is 16.0. The second-order valence-corrected chi connectivity index (χ2v) is 5.75. The summed E-state index contributed by atoms with van der Waals surface area (Å²) in [7, 11) is 0. The largest absolute Gasteiger partial charge is 0.486 e. The first-order valence-corrected chi connectivity index (χ1v) is 8.31. The SMILES string of the molecule is O=C(Nc1ccc2c(c1)OCCO2)/C(=C/c1ccco1)c1ccccc1. The van der Waals surface area contributed by atoms with Gasteiger partial charge in [-0.15, -0.1) is 0 Å². The molecule has 0 radical (unpaired) electrons. The van der Waals surface area contributed by atoms with Crippen molar-refractivity contribution < 1.29 is 18.7 Å². The molecule has 4 rings (SSSR count). The maximum atomic E-state index is 12.9. The van der Waals surface area contributed by atoms with E-state index in [2.05, 4.69) is 5.32 Å². The Balaban J connectivity index is 1.63. The van der Waals surface area contributed by atoms with E-state index in [1.807, 2.05) is 30.3 Å². The van der Waals surface area contributed by atoms with Crippen molar-refractivity contribution in [2.45, 2.75) is 0 Å². The second kappa shape index (κ2) is 7.19. The van der Waals surface area contributed by atoms with Gasteiger partial charge in [0, 0.05) is 11.8 Å². The molecule has 0 atom stereocenters. The summed E-state index contributed by atoms with van der Waals surface area (Å²) in [6, 6.07) is 18.4. The number of hydrogen-bond acceptors (Lipinski definition) is 4. The molecular weight excluding hydrogens is 330 g/mol. The van der Waals surface area contributed by atoms with Gasteiger partial charge in [-0.25, -0.2) is 0 Å². The van der Waals surface area contributed by atoms with Gasteiger partial charge in [0.25, 0.3) is 5.91 Å². The lowest BCUT2D eigenvalue weighted by atomic mass is 10.0. The quantitative estimate of drug-likeness (QED) is 0.718. The molecule has 0 aliphatic carbocycles. The number of amides is 1. The number of rotatable bonds is 4. The average molecular weight is 347 g/mol. The fourth-order valence-electron chi connectivity index (χ4n) is 2.73. The Hall–Kier alpha value is -3.47. The number of carbonyl (C=O) groups excluding carboxylic acids is 1. The first-order valence-electron chi connectivity index (χ1n) is 8.31. The van der Waals surface area contributed by atoms with Crippen LogP contribution in [0.1, 0.15) is 11.3 Å². The van der Waals surface area contributed by atoms with E-state index in [0.717, 1.165) is 5.56 Å². The molecule has 5 nitrogen and oxygen atoms in total. The molecule has 3 aromatic rings. The minimum Gasteiger partial charge on any atom is -0.486 e. The maximum absolute atomic E-state index is 12.9. The van der Waals surface area contributed by atoms with E-state index in [-0.39, 0.29) is 5.91 Å². The van der Waals surface area contributed by atoms with Crippen LogP contribution in [0.4, 0.5) is 5.69 Å². The summed E-state index contributed by atoms with van der Waals surface area (Å²) in [5.41, 5.74) is 1.95. The predicted octanol–water partition coefficient (Wildman–Crippen LogP) is 4.23. The first-order chi connectivity index (χ1) is 12.8. The zero-order valence-corrected chi connectivity index (χ0v) is 14.0. The Bertz CT molecular complexity index is 930. The molecular formula is C21H17NO4. The van der Waals surface area contributed by atoms with E-state index >= 15 is 0 Å². The van der Waals surface area contributed by atoms with Gasteiger partial charge in [0.05, 0.1) is 11.8 Å². The standard InChI is InChI=1S/C21H17NO4/c23-21(22-16-8-9-19-20(13-16)26-12-11-25-19)18(14-17-7-4-10-24-17)15-5-2-1-3-6-15/h1-10,13-14H,11-12H2,(H,22,23)/b18-14+. The molecule has 0 spiro atoms. The monoisotopic (exact) mass is 347 g/mol. The number of benzene rings is 2. The van der Waals surface area contributed by atoms with Gasteiger partial charge in [0.1, 0.15) is 19.0 Å². The number of nitrogens with one attached hydrogen (secondary N) is 1. The third kappa shape index (κ3) is 3.47. The van der Waals surface area contributed by atoms with Crippen molar-refractivity contribution in [3.63, 3.8) is 0 Å². The fraction of sp³-hybridized carbons (Fsp3) is 0.0952. The highest BCUT2D eigenvalue weighted by Crippen LogP contribution is 2.33. The van der Waals surface area contributed by atoms with E-state index in [1.165, 1.54) is 0 Å². The maximum Gasteiger partial charge on any atom is 0.256 e. The van der Waals surface area contributed by atoms with Gasteiger partial charge >= 0.3 is 0 Å². The van der Waals surface area contributed by atoms with Crippen LogP contribution in [0.3, 0.4) is 0 Å². The van der Waals surface area contributed by atoms with Crippen LogP contribution >= 0.6 is 0 Å². The summed E-state index contributed by atoms with van der Waals surface area (Å²) in [4.78, 5) is 12.9. The van der Waals surface area contributed by atoms with Gasteiger partial charge in [-0.05, 0) is 35.9 Å².